The van der Waals surface area contributed by atoms with Gasteiger partial charge < -0.3 is 14.8 Å². The quantitative estimate of drug-likeness (QED) is 0.772. The minimum atomic E-state index is 0.325. The molecule has 18 heavy (non-hydrogen) atoms. The average molecular weight is 256 g/mol. The largest absolute Gasteiger partial charge is 0.381 e. The van der Waals surface area contributed by atoms with Crippen molar-refractivity contribution in [1.29, 1.82) is 0 Å². The molecule has 2 aliphatic heterocycles. The highest BCUT2D eigenvalue weighted by Crippen LogP contribution is 2.29. The molecule has 2 saturated heterocycles. The Hall–Kier alpha value is -0.160. The van der Waals surface area contributed by atoms with E-state index in [-0.39, 0.29) is 0 Å². The van der Waals surface area contributed by atoms with E-state index in [4.69, 9.17) is 9.47 Å². The smallest absolute Gasteiger partial charge is 0.0700 e. The van der Waals surface area contributed by atoms with Crippen molar-refractivity contribution >= 4 is 0 Å². The topological polar surface area (TPSA) is 33.7 Å². The molecule has 4 heteroatoms. The summed E-state index contributed by atoms with van der Waals surface area (Å²) in [5, 5.41) is 3.51. The normalized spacial score (nSPS) is 34.0. The molecule has 2 fully saturated rings. The van der Waals surface area contributed by atoms with Crippen LogP contribution in [0.25, 0.3) is 0 Å². The third kappa shape index (κ3) is 3.67. The molecule has 0 aromatic carbocycles. The van der Waals surface area contributed by atoms with E-state index in [0.29, 0.717) is 11.5 Å². The standard InChI is InChI=1S/C14H28N2O2/c1-3-13-9-16(6-8-18-13)11-14(10-15-4-2)5-7-17-12-14/h13,15H,3-12H2,1-2H3. The fourth-order valence-electron chi connectivity index (χ4n) is 3.01. The first-order chi connectivity index (χ1) is 8.78. The molecule has 0 spiro atoms. The summed E-state index contributed by atoms with van der Waals surface area (Å²) in [5.74, 6) is 0. The molecule has 106 valence electrons. The minimum absolute atomic E-state index is 0.325. The molecule has 0 aromatic heterocycles. The summed E-state index contributed by atoms with van der Waals surface area (Å²) >= 11 is 0. The zero-order chi connectivity index (χ0) is 12.8. The van der Waals surface area contributed by atoms with Gasteiger partial charge in [0.05, 0.1) is 19.3 Å². The maximum absolute atomic E-state index is 5.75. The first-order valence-corrected chi connectivity index (χ1v) is 7.40. The van der Waals surface area contributed by atoms with Gasteiger partial charge in [-0.15, -0.1) is 0 Å². The molecule has 0 saturated carbocycles. The Morgan fingerprint density at radius 1 is 1.33 bits per heavy atom. The molecule has 0 aliphatic carbocycles. The monoisotopic (exact) mass is 256 g/mol. The highest BCUT2D eigenvalue weighted by molar-refractivity contribution is 4.89. The summed E-state index contributed by atoms with van der Waals surface area (Å²) in [5.41, 5.74) is 0.325. The molecule has 2 rings (SSSR count). The minimum Gasteiger partial charge on any atom is -0.381 e. The molecule has 0 radical (unpaired) electrons. The SMILES string of the molecule is CCNCC1(CN2CCOC(CC)C2)CCOC1. The lowest BCUT2D eigenvalue weighted by Gasteiger charge is -2.38. The van der Waals surface area contributed by atoms with Crippen molar-refractivity contribution in [3.05, 3.63) is 0 Å². The van der Waals surface area contributed by atoms with E-state index in [2.05, 4.69) is 24.1 Å². The Morgan fingerprint density at radius 2 is 2.22 bits per heavy atom. The Bertz CT molecular complexity index is 242. The van der Waals surface area contributed by atoms with Crippen LogP contribution in [0.5, 0.6) is 0 Å². The number of hydrogen-bond acceptors (Lipinski definition) is 4. The lowest BCUT2D eigenvalue weighted by atomic mass is 9.86. The first kappa shape index (κ1) is 14.3. The number of morpholine rings is 1. The zero-order valence-corrected chi connectivity index (χ0v) is 11.9. The van der Waals surface area contributed by atoms with Crippen LogP contribution in [0.4, 0.5) is 0 Å². The molecule has 2 heterocycles. The van der Waals surface area contributed by atoms with E-state index in [0.717, 1.165) is 59.0 Å². The lowest BCUT2D eigenvalue weighted by molar-refractivity contribution is -0.0431. The maximum atomic E-state index is 5.75. The van der Waals surface area contributed by atoms with Gasteiger partial charge in [-0.2, -0.15) is 0 Å². The summed E-state index contributed by atoms with van der Waals surface area (Å²) in [6, 6.07) is 0. The van der Waals surface area contributed by atoms with Crippen LogP contribution in [0.15, 0.2) is 0 Å². The van der Waals surface area contributed by atoms with Crippen molar-refractivity contribution in [3.63, 3.8) is 0 Å². The van der Waals surface area contributed by atoms with E-state index in [1.165, 1.54) is 6.42 Å². The number of hydrogen-bond donors (Lipinski definition) is 1. The first-order valence-electron chi connectivity index (χ1n) is 7.40. The second-order valence-electron chi connectivity index (χ2n) is 5.72. The van der Waals surface area contributed by atoms with Gasteiger partial charge in [-0.25, -0.2) is 0 Å². The van der Waals surface area contributed by atoms with Gasteiger partial charge in [-0.1, -0.05) is 13.8 Å². The second-order valence-corrected chi connectivity index (χ2v) is 5.72. The van der Waals surface area contributed by atoms with Crippen molar-refractivity contribution in [3.8, 4) is 0 Å². The summed E-state index contributed by atoms with van der Waals surface area (Å²) in [6.45, 7) is 12.5. The molecule has 2 atom stereocenters. The Kier molecular flexibility index (Phi) is 5.42. The number of ether oxygens (including phenoxy) is 2. The van der Waals surface area contributed by atoms with Gasteiger partial charge in [0.25, 0.3) is 0 Å². The van der Waals surface area contributed by atoms with E-state index in [9.17, 15) is 0 Å². The molecular formula is C14H28N2O2. The summed E-state index contributed by atoms with van der Waals surface area (Å²) < 4.78 is 11.4. The average Bonchev–Trinajstić information content (AvgIpc) is 2.85. The van der Waals surface area contributed by atoms with E-state index in [1.807, 2.05) is 0 Å². The van der Waals surface area contributed by atoms with E-state index in [1.54, 1.807) is 0 Å². The Morgan fingerprint density at radius 3 is 2.89 bits per heavy atom. The number of nitrogens with zero attached hydrogens (tertiary/aromatic N) is 1. The van der Waals surface area contributed by atoms with E-state index < -0.39 is 0 Å². The molecule has 4 nitrogen and oxygen atoms in total. The molecule has 1 N–H and O–H groups in total. The molecule has 2 unspecified atom stereocenters. The number of rotatable bonds is 6. The van der Waals surface area contributed by atoms with Crippen molar-refractivity contribution in [2.75, 3.05) is 52.5 Å². The van der Waals surface area contributed by atoms with Crippen LogP contribution >= 0.6 is 0 Å². The predicted octanol–water partition coefficient (Wildman–Crippen LogP) is 1.11. The second kappa shape index (κ2) is 6.85. The predicted molar refractivity (Wildman–Crippen MR) is 72.9 cm³/mol. The van der Waals surface area contributed by atoms with Gasteiger partial charge >= 0.3 is 0 Å². The number of nitrogens with one attached hydrogen (secondary N) is 1. The van der Waals surface area contributed by atoms with Gasteiger partial charge in [0.2, 0.25) is 0 Å². The zero-order valence-electron chi connectivity index (χ0n) is 11.9. The van der Waals surface area contributed by atoms with Crippen molar-refractivity contribution < 1.29 is 9.47 Å². The third-order valence-corrected chi connectivity index (χ3v) is 4.17. The Labute approximate surface area is 111 Å². The molecular weight excluding hydrogens is 228 g/mol. The van der Waals surface area contributed by atoms with Crippen LogP contribution in [0.2, 0.25) is 0 Å². The van der Waals surface area contributed by atoms with Crippen LogP contribution in [-0.4, -0.2) is 63.5 Å². The third-order valence-electron chi connectivity index (χ3n) is 4.17. The molecule has 0 bridgehead atoms. The molecule has 2 aliphatic rings. The fraction of sp³-hybridized carbons (Fsp3) is 1.00. The van der Waals surface area contributed by atoms with Crippen LogP contribution < -0.4 is 5.32 Å². The van der Waals surface area contributed by atoms with Crippen molar-refractivity contribution in [1.82, 2.24) is 10.2 Å². The van der Waals surface area contributed by atoms with Crippen molar-refractivity contribution in [2.24, 2.45) is 5.41 Å². The van der Waals surface area contributed by atoms with Gasteiger partial charge in [0.15, 0.2) is 0 Å². The lowest BCUT2D eigenvalue weighted by Crippen LogP contribution is -2.50. The highest BCUT2D eigenvalue weighted by Gasteiger charge is 2.37. The molecule has 0 aromatic rings. The van der Waals surface area contributed by atoms with Crippen molar-refractivity contribution in [2.45, 2.75) is 32.8 Å². The van der Waals surface area contributed by atoms with Gasteiger partial charge in [0.1, 0.15) is 0 Å². The highest BCUT2D eigenvalue weighted by atomic mass is 16.5. The van der Waals surface area contributed by atoms with Crippen LogP contribution in [0.1, 0.15) is 26.7 Å². The summed E-state index contributed by atoms with van der Waals surface area (Å²) in [7, 11) is 0. The van der Waals surface area contributed by atoms with Gasteiger partial charge in [-0.3, -0.25) is 4.90 Å². The van der Waals surface area contributed by atoms with E-state index >= 15 is 0 Å². The van der Waals surface area contributed by atoms with Crippen LogP contribution in [0, 0.1) is 5.41 Å². The van der Waals surface area contributed by atoms with Crippen LogP contribution in [0.3, 0.4) is 0 Å². The maximum Gasteiger partial charge on any atom is 0.0700 e. The molecule has 0 amide bonds. The summed E-state index contributed by atoms with van der Waals surface area (Å²) in [6.07, 6.45) is 2.73. The Balaban J connectivity index is 1.87. The van der Waals surface area contributed by atoms with Gasteiger partial charge in [0, 0.05) is 38.2 Å². The van der Waals surface area contributed by atoms with Gasteiger partial charge in [-0.05, 0) is 19.4 Å². The van der Waals surface area contributed by atoms with Crippen LogP contribution in [-0.2, 0) is 9.47 Å². The fourth-order valence-corrected chi connectivity index (χ4v) is 3.01. The summed E-state index contributed by atoms with van der Waals surface area (Å²) in [4.78, 5) is 2.57.